The maximum absolute atomic E-state index is 14.2. The number of hydrogen-bond donors (Lipinski definition) is 4. The van der Waals surface area contributed by atoms with Gasteiger partial charge in [0.2, 0.25) is 0 Å². The van der Waals surface area contributed by atoms with Crippen molar-refractivity contribution in [1.82, 2.24) is 0 Å². The van der Waals surface area contributed by atoms with E-state index in [2.05, 4.69) is 13.5 Å². The number of aliphatic hydroxyl groups excluding tert-OH is 3. The van der Waals surface area contributed by atoms with Gasteiger partial charge in [0, 0.05) is 17.8 Å². The first-order valence-corrected chi connectivity index (χ1v) is 20.9. The molecule has 314 valence electrons. The molecule has 0 radical (unpaired) electrons. The van der Waals surface area contributed by atoms with Gasteiger partial charge in [-0.25, -0.2) is 9.59 Å². The fraction of sp³-hybridized carbons (Fsp3) is 0.644. The molecule has 7 aliphatic rings. The molecule has 13 heteroatoms. The Kier molecular flexibility index (Phi) is 9.72. The van der Waals surface area contributed by atoms with Crippen molar-refractivity contribution in [2.24, 2.45) is 35.5 Å². The molecule has 3 saturated carbocycles. The van der Waals surface area contributed by atoms with Crippen molar-refractivity contribution >= 4 is 11.9 Å². The summed E-state index contributed by atoms with van der Waals surface area (Å²) in [7, 11) is 1.53. The van der Waals surface area contributed by atoms with E-state index < -0.39 is 107 Å². The maximum atomic E-state index is 14.2. The molecule has 2 aromatic carbocycles. The molecule has 4 saturated heterocycles. The van der Waals surface area contributed by atoms with Crippen LogP contribution < -0.4 is 4.74 Å². The van der Waals surface area contributed by atoms with E-state index in [1.807, 2.05) is 19.9 Å². The topological polar surface area (TPSA) is 183 Å². The molecule has 4 N–H and O–H groups in total. The highest BCUT2D eigenvalue weighted by atomic mass is 16.9. The van der Waals surface area contributed by atoms with E-state index in [9.17, 15) is 30.0 Å². The van der Waals surface area contributed by atoms with Gasteiger partial charge >= 0.3 is 17.9 Å². The molecular weight excluding hydrogens is 748 g/mol. The average Bonchev–Trinajstić information content (AvgIpc) is 3.86. The van der Waals surface area contributed by atoms with Gasteiger partial charge in [0.1, 0.15) is 53.1 Å². The van der Waals surface area contributed by atoms with Gasteiger partial charge in [0.05, 0.1) is 37.1 Å². The van der Waals surface area contributed by atoms with E-state index in [1.54, 1.807) is 48.5 Å². The predicted molar refractivity (Wildman–Crippen MR) is 205 cm³/mol. The highest BCUT2D eigenvalue weighted by molar-refractivity contribution is 5.90. The quantitative estimate of drug-likeness (QED) is 0.168. The smallest absolute Gasteiger partial charge is 0.338 e. The van der Waals surface area contributed by atoms with Crippen LogP contribution in [0.3, 0.4) is 0 Å². The second kappa shape index (κ2) is 14.1. The Bertz CT molecular complexity index is 1920. The molecule has 58 heavy (non-hydrogen) atoms. The summed E-state index contributed by atoms with van der Waals surface area (Å²) in [5.41, 5.74) is -5.74. The molecule has 0 amide bonds. The second-order valence-corrected chi connectivity index (χ2v) is 18.2. The number of fused-ring (bicyclic) bond motifs is 1. The van der Waals surface area contributed by atoms with Crippen molar-refractivity contribution in [3.63, 3.8) is 0 Å². The van der Waals surface area contributed by atoms with Crippen molar-refractivity contribution in [3.8, 4) is 5.75 Å². The van der Waals surface area contributed by atoms with Gasteiger partial charge in [-0.05, 0) is 79.5 Å². The number of epoxide rings is 1. The third kappa shape index (κ3) is 5.43. The van der Waals surface area contributed by atoms with Gasteiger partial charge in [-0.3, -0.25) is 0 Å². The van der Waals surface area contributed by atoms with E-state index in [-0.39, 0.29) is 24.5 Å². The summed E-state index contributed by atoms with van der Waals surface area (Å²) in [6.45, 7) is 9.38. The minimum absolute atomic E-state index is 0.106. The monoisotopic (exact) mass is 804 g/mol. The summed E-state index contributed by atoms with van der Waals surface area (Å²) in [5.74, 6) is -6.56. The second-order valence-electron chi connectivity index (χ2n) is 18.2. The number of ether oxygens (including phenoxy) is 7. The molecular formula is C45H56O13. The van der Waals surface area contributed by atoms with Crippen molar-refractivity contribution < 1.29 is 63.2 Å². The third-order valence-electron chi connectivity index (χ3n) is 15.2. The number of aliphatic hydroxyl groups is 4. The standard InChI is InChI=1S/C45H56O13/c1-24(2)41-21-29(22-53-38(48)27-14-10-8-11-15-27)44-33-36(41)56-45(57-41,58-44)31(47)16-12-7-6-9-13-25(3)32-26(4)35(54-39(49)28-17-19-30(52-5)20-18-28)43(51,34(32)44)40(50)42(23-46)37(33)55-42/h8,10-11,14-15,17-20,25-26,29,31-37,40,46-47,50-51H,1,6-7,9,12-13,16,21-23H2,2-5H3/t25-,26+,29+,31-,32?,33?,34?,35+,36-,37+,40-,41-,42+,43-,44-,45?/m1/s1. The zero-order valence-corrected chi connectivity index (χ0v) is 33.6. The normalized spacial score (nSPS) is 46.0. The molecule has 3 aliphatic carbocycles. The number of carbonyl (C=O) groups is 2. The van der Waals surface area contributed by atoms with Crippen LogP contribution in [0, 0.1) is 35.5 Å². The molecule has 0 aromatic heterocycles. The fourth-order valence-corrected chi connectivity index (χ4v) is 12.6. The summed E-state index contributed by atoms with van der Waals surface area (Å²) in [5, 5.41) is 50.3. The largest absolute Gasteiger partial charge is 0.497 e. The summed E-state index contributed by atoms with van der Waals surface area (Å²) in [6.07, 6.45) is -1.69. The number of rotatable bonds is 8. The molecule has 13 nitrogen and oxygen atoms in total. The summed E-state index contributed by atoms with van der Waals surface area (Å²) in [6, 6.07) is 15.1. The van der Waals surface area contributed by atoms with Gasteiger partial charge in [-0.2, -0.15) is 0 Å². The first-order valence-electron chi connectivity index (χ1n) is 20.9. The molecule has 16 atom stereocenters. The summed E-state index contributed by atoms with van der Waals surface area (Å²) in [4.78, 5) is 27.9. The highest BCUT2D eigenvalue weighted by Gasteiger charge is 2.91. The van der Waals surface area contributed by atoms with Crippen LogP contribution in [0.5, 0.6) is 5.75 Å². The van der Waals surface area contributed by atoms with Gasteiger partial charge < -0.3 is 53.6 Å². The van der Waals surface area contributed by atoms with E-state index >= 15 is 0 Å². The lowest BCUT2D eigenvalue weighted by Gasteiger charge is -2.62. The number of methoxy groups -OCH3 is 1. The Balaban J connectivity index is 1.26. The van der Waals surface area contributed by atoms with Crippen LogP contribution in [-0.4, -0.2) is 112 Å². The van der Waals surface area contributed by atoms with Crippen molar-refractivity contribution in [3.05, 3.63) is 77.9 Å². The van der Waals surface area contributed by atoms with Crippen molar-refractivity contribution in [1.29, 1.82) is 0 Å². The Morgan fingerprint density at radius 3 is 2.26 bits per heavy atom. The Morgan fingerprint density at radius 2 is 1.59 bits per heavy atom. The Hall–Kier alpha value is -3.40. The lowest BCUT2D eigenvalue weighted by Crippen LogP contribution is -2.75. The highest BCUT2D eigenvalue weighted by Crippen LogP contribution is 2.75. The van der Waals surface area contributed by atoms with Gasteiger partial charge in [-0.1, -0.05) is 70.7 Å². The molecule has 2 spiro atoms. The Labute approximate surface area is 338 Å². The van der Waals surface area contributed by atoms with Crippen LogP contribution in [0.1, 0.15) is 86.4 Å². The van der Waals surface area contributed by atoms with E-state index in [0.29, 0.717) is 29.7 Å². The zero-order valence-electron chi connectivity index (χ0n) is 33.6. The molecule has 4 unspecified atom stereocenters. The van der Waals surface area contributed by atoms with E-state index in [4.69, 9.17) is 33.2 Å². The predicted octanol–water partition coefficient (Wildman–Crippen LogP) is 4.34. The SMILES string of the molecule is C=C(C)[C@]12C[C@@H](COC(=O)c3ccccc3)[C@@]34OC5(O[C@@H]1C3[C@@H]1O[C@]1(CO)[C@@H](O)[C@@]1(O)C4C([C@H](C)CCCCCC[C@H]5O)[C@H](C)[C@@H]1OC(=O)c1ccc(OC)cc1)O2. The molecule has 2 aromatic rings. The van der Waals surface area contributed by atoms with Gasteiger partial charge in [-0.15, -0.1) is 0 Å². The lowest BCUT2D eigenvalue weighted by molar-refractivity contribution is -0.459. The number of benzene rings is 2. The molecule has 7 fully saturated rings. The van der Waals surface area contributed by atoms with Crippen LogP contribution in [0.4, 0.5) is 0 Å². The number of hydrogen-bond acceptors (Lipinski definition) is 13. The summed E-state index contributed by atoms with van der Waals surface area (Å²) < 4.78 is 45.8. The van der Waals surface area contributed by atoms with Crippen molar-refractivity contribution in [2.75, 3.05) is 20.3 Å². The number of carbonyl (C=O) groups excluding carboxylic acids is 2. The van der Waals surface area contributed by atoms with Crippen LogP contribution in [0.25, 0.3) is 0 Å². The lowest BCUT2D eigenvalue weighted by atomic mass is 9.51. The number of esters is 2. The minimum Gasteiger partial charge on any atom is -0.497 e. The summed E-state index contributed by atoms with van der Waals surface area (Å²) >= 11 is 0. The maximum Gasteiger partial charge on any atom is 0.338 e. The molecule has 4 heterocycles. The fourth-order valence-electron chi connectivity index (χ4n) is 12.6. The average molecular weight is 805 g/mol. The van der Waals surface area contributed by atoms with Crippen LogP contribution in [0.15, 0.2) is 66.7 Å². The van der Waals surface area contributed by atoms with Crippen LogP contribution in [0.2, 0.25) is 0 Å². The van der Waals surface area contributed by atoms with E-state index in [0.717, 1.165) is 25.7 Å². The van der Waals surface area contributed by atoms with E-state index in [1.165, 1.54) is 7.11 Å². The zero-order chi connectivity index (χ0) is 41.0. The van der Waals surface area contributed by atoms with Crippen LogP contribution >= 0.6 is 0 Å². The van der Waals surface area contributed by atoms with Crippen LogP contribution in [-0.2, 0) is 28.4 Å². The first kappa shape index (κ1) is 40.0. The molecule has 4 aliphatic heterocycles. The Morgan fingerprint density at radius 1 is 0.897 bits per heavy atom. The minimum atomic E-state index is -2.30. The molecule has 9 rings (SSSR count). The third-order valence-corrected chi connectivity index (χ3v) is 15.2. The van der Waals surface area contributed by atoms with Gasteiger partial charge in [0.15, 0.2) is 0 Å². The molecule has 3 bridgehead atoms. The van der Waals surface area contributed by atoms with Crippen molar-refractivity contribution in [2.45, 2.75) is 125 Å². The first-order chi connectivity index (χ1) is 27.7. The van der Waals surface area contributed by atoms with Gasteiger partial charge in [0.25, 0.3) is 0 Å².